The maximum absolute atomic E-state index is 12.6. The van der Waals surface area contributed by atoms with Gasteiger partial charge in [-0.25, -0.2) is 9.50 Å². The number of fused-ring (bicyclic) bond motifs is 1. The second-order valence-corrected chi connectivity index (χ2v) is 6.76. The second-order valence-electron chi connectivity index (χ2n) is 6.12. The van der Waals surface area contributed by atoms with E-state index in [0.717, 1.165) is 0 Å². The number of aromatic nitrogens is 3. The van der Waals surface area contributed by atoms with Crippen LogP contribution >= 0.6 is 35.6 Å². The lowest BCUT2D eigenvalue weighted by atomic mass is 10.0. The molecule has 0 fully saturated rings. The van der Waals surface area contributed by atoms with Gasteiger partial charge in [0.25, 0.3) is 5.91 Å². The Balaban J connectivity index is 0.00000338. The van der Waals surface area contributed by atoms with Gasteiger partial charge in [-0.05, 0) is 18.4 Å². The quantitative estimate of drug-likeness (QED) is 0.696. The van der Waals surface area contributed by atoms with E-state index in [-0.39, 0.29) is 52.8 Å². The van der Waals surface area contributed by atoms with Gasteiger partial charge in [0.05, 0.1) is 0 Å². The first-order chi connectivity index (χ1) is 11.8. The zero-order valence-electron chi connectivity index (χ0n) is 14.8. The molecule has 2 aromatic heterocycles. The molecule has 1 unspecified atom stereocenters. The third-order valence-corrected chi connectivity index (χ3v) is 4.53. The fourth-order valence-electron chi connectivity index (χ4n) is 2.43. The molecule has 10 heteroatoms. The molecular weight excluding hydrogens is 401 g/mol. The molecule has 7 nitrogen and oxygen atoms in total. The van der Waals surface area contributed by atoms with Crippen molar-refractivity contribution in [2.45, 2.75) is 26.3 Å². The summed E-state index contributed by atoms with van der Waals surface area (Å²) < 4.78 is 1.47. The zero-order valence-corrected chi connectivity index (χ0v) is 17.1. The van der Waals surface area contributed by atoms with Crippen LogP contribution in [0.15, 0.2) is 18.5 Å². The summed E-state index contributed by atoms with van der Waals surface area (Å²) in [4.78, 5) is 29.8. The Morgan fingerprint density at radius 3 is 2.65 bits per heavy atom. The van der Waals surface area contributed by atoms with Crippen LogP contribution in [0.2, 0.25) is 5.02 Å². The molecule has 26 heavy (non-hydrogen) atoms. The molecule has 0 saturated carbocycles. The van der Waals surface area contributed by atoms with Crippen molar-refractivity contribution in [3.8, 4) is 0 Å². The maximum Gasteiger partial charge on any atom is 0.275 e. The molecule has 1 atom stereocenters. The molecule has 0 aliphatic rings. The van der Waals surface area contributed by atoms with Crippen LogP contribution in [0.25, 0.3) is 5.65 Å². The summed E-state index contributed by atoms with van der Waals surface area (Å²) in [6.07, 6.45) is 3.88. The minimum atomic E-state index is -0.290. The Bertz CT molecular complexity index is 765. The third kappa shape index (κ3) is 5.22. The summed E-state index contributed by atoms with van der Waals surface area (Å²) in [5.41, 5.74) is 0.601. The number of rotatable bonds is 7. The molecule has 2 amide bonds. The molecule has 0 bridgehead atoms. The summed E-state index contributed by atoms with van der Waals surface area (Å²) in [6, 6.07) is 1.64. The normalized spacial score (nSPS) is 11.9. The average molecular weight is 423 g/mol. The van der Waals surface area contributed by atoms with Crippen molar-refractivity contribution in [1.82, 2.24) is 24.8 Å². The number of hydrogen-bond donors (Lipinski definition) is 1. The number of halogens is 3. The number of nitrogens with zero attached hydrogens (tertiary/aromatic N) is 4. The Morgan fingerprint density at radius 2 is 2.08 bits per heavy atom. The van der Waals surface area contributed by atoms with Crippen molar-refractivity contribution in [2.75, 3.05) is 19.5 Å². The van der Waals surface area contributed by atoms with E-state index in [9.17, 15) is 9.59 Å². The molecule has 0 aromatic carbocycles. The van der Waals surface area contributed by atoms with Crippen LogP contribution in [0, 0.1) is 5.92 Å². The number of hydrogen-bond acceptors (Lipinski definition) is 4. The van der Waals surface area contributed by atoms with E-state index in [0.29, 0.717) is 18.6 Å². The Kier molecular flexibility index (Phi) is 8.59. The van der Waals surface area contributed by atoms with Crippen molar-refractivity contribution >= 4 is 53.1 Å². The van der Waals surface area contributed by atoms with Gasteiger partial charge in [0, 0.05) is 32.0 Å². The molecule has 2 rings (SSSR count). The number of alkyl halides is 1. The molecule has 144 valence electrons. The Labute approximate surface area is 168 Å². The van der Waals surface area contributed by atoms with Gasteiger partial charge in [-0.3, -0.25) is 9.59 Å². The zero-order chi connectivity index (χ0) is 18.6. The highest BCUT2D eigenvalue weighted by Crippen LogP contribution is 2.21. The fraction of sp³-hybridized carbons (Fsp3) is 0.500. The third-order valence-electron chi connectivity index (χ3n) is 3.94. The van der Waals surface area contributed by atoms with Gasteiger partial charge in [0.1, 0.15) is 10.9 Å². The van der Waals surface area contributed by atoms with Crippen molar-refractivity contribution in [2.24, 2.45) is 5.92 Å². The predicted octanol–water partition coefficient (Wildman–Crippen LogP) is 2.65. The van der Waals surface area contributed by atoms with E-state index in [1.54, 1.807) is 25.5 Å². The van der Waals surface area contributed by atoms with Crippen molar-refractivity contribution in [3.05, 3.63) is 29.2 Å². The summed E-state index contributed by atoms with van der Waals surface area (Å²) in [5, 5.41) is 7.30. The van der Waals surface area contributed by atoms with Crippen LogP contribution in [0.5, 0.6) is 0 Å². The van der Waals surface area contributed by atoms with Gasteiger partial charge in [0.15, 0.2) is 11.3 Å². The summed E-state index contributed by atoms with van der Waals surface area (Å²) >= 11 is 11.8. The highest BCUT2D eigenvalue weighted by Gasteiger charge is 2.23. The van der Waals surface area contributed by atoms with Gasteiger partial charge in [-0.2, -0.15) is 5.10 Å². The van der Waals surface area contributed by atoms with Crippen molar-refractivity contribution < 1.29 is 9.59 Å². The molecule has 0 aliphatic heterocycles. The largest absolute Gasteiger partial charge is 0.352 e. The van der Waals surface area contributed by atoms with Crippen LogP contribution in [0.1, 0.15) is 30.8 Å². The van der Waals surface area contributed by atoms with Gasteiger partial charge < -0.3 is 10.2 Å². The van der Waals surface area contributed by atoms with E-state index >= 15 is 0 Å². The van der Waals surface area contributed by atoms with Gasteiger partial charge >= 0.3 is 0 Å². The molecule has 2 heterocycles. The molecule has 0 radical (unpaired) electrons. The summed E-state index contributed by atoms with van der Waals surface area (Å²) in [5.74, 6) is -0.369. The number of amides is 2. The Morgan fingerprint density at radius 1 is 1.38 bits per heavy atom. The number of nitrogens with one attached hydrogen (secondary N) is 1. The number of carbonyl (C=O) groups excluding carboxylic acids is 2. The van der Waals surface area contributed by atoms with E-state index < -0.39 is 0 Å². The van der Waals surface area contributed by atoms with E-state index in [4.69, 9.17) is 23.2 Å². The van der Waals surface area contributed by atoms with Gasteiger partial charge in [0.2, 0.25) is 5.91 Å². The first-order valence-corrected chi connectivity index (χ1v) is 8.86. The van der Waals surface area contributed by atoms with Gasteiger partial charge in [-0.15, -0.1) is 24.0 Å². The lowest BCUT2D eigenvalue weighted by Gasteiger charge is -2.25. The molecule has 0 spiro atoms. The summed E-state index contributed by atoms with van der Waals surface area (Å²) in [6.45, 7) is 4.46. The van der Waals surface area contributed by atoms with Crippen LogP contribution in [0.4, 0.5) is 0 Å². The molecule has 0 saturated heterocycles. The predicted molar refractivity (Wildman–Crippen MR) is 104 cm³/mol. The number of carbonyl (C=O) groups is 2. The maximum atomic E-state index is 12.6. The molecule has 2 aromatic rings. The first kappa shape index (κ1) is 22.5. The van der Waals surface area contributed by atoms with E-state index in [2.05, 4.69) is 15.4 Å². The second kappa shape index (κ2) is 9.94. The highest BCUT2D eigenvalue weighted by atomic mass is 35.5. The SMILES string of the molecule is CC(C)C(CCN(C)C(=O)c1nn2cccnc2c1Cl)NC(=O)CCl.Cl. The van der Waals surface area contributed by atoms with Crippen LogP contribution < -0.4 is 5.32 Å². The van der Waals surface area contributed by atoms with Crippen LogP contribution in [0.3, 0.4) is 0 Å². The molecule has 1 N–H and O–H groups in total. The standard InChI is InChI=1S/C16H21Cl2N5O2.ClH/c1-10(2)11(20-12(24)9-17)5-8-22(3)16(25)14-13(18)15-19-6-4-7-23(15)21-14;/h4,6-7,10-11H,5,8-9H2,1-3H3,(H,20,24);1H. The minimum Gasteiger partial charge on any atom is -0.352 e. The topological polar surface area (TPSA) is 79.6 Å². The smallest absolute Gasteiger partial charge is 0.275 e. The fourth-order valence-corrected chi connectivity index (χ4v) is 2.76. The Hall–Kier alpha value is -1.57. The average Bonchev–Trinajstić information content (AvgIpc) is 2.94. The first-order valence-electron chi connectivity index (χ1n) is 7.94. The summed E-state index contributed by atoms with van der Waals surface area (Å²) in [7, 11) is 1.68. The van der Waals surface area contributed by atoms with Gasteiger partial charge in [-0.1, -0.05) is 25.4 Å². The lowest BCUT2D eigenvalue weighted by molar-refractivity contribution is -0.119. The highest BCUT2D eigenvalue weighted by molar-refractivity contribution is 6.36. The lowest BCUT2D eigenvalue weighted by Crippen LogP contribution is -2.42. The molecular formula is C16H22Cl3N5O2. The van der Waals surface area contributed by atoms with Crippen LogP contribution in [-0.4, -0.2) is 56.8 Å². The van der Waals surface area contributed by atoms with E-state index in [1.807, 2.05) is 13.8 Å². The molecule has 0 aliphatic carbocycles. The van der Waals surface area contributed by atoms with E-state index in [1.165, 1.54) is 9.42 Å². The van der Waals surface area contributed by atoms with Crippen molar-refractivity contribution in [1.29, 1.82) is 0 Å². The minimum absolute atomic E-state index is 0. The van der Waals surface area contributed by atoms with Crippen LogP contribution in [-0.2, 0) is 4.79 Å². The monoisotopic (exact) mass is 421 g/mol. The van der Waals surface area contributed by atoms with Crippen molar-refractivity contribution in [3.63, 3.8) is 0 Å².